The molecule has 5 rings (SSSR count). The number of phenols is 1. The molecule has 1 aromatic rings. The fourth-order valence-corrected chi connectivity index (χ4v) is 6.14. The van der Waals surface area contributed by atoms with Crippen LogP contribution in [0.5, 0.6) is 5.75 Å². The fourth-order valence-electron chi connectivity index (χ4n) is 6.14. The van der Waals surface area contributed by atoms with Crippen molar-refractivity contribution < 1.29 is 9.90 Å². The molecule has 4 nitrogen and oxygen atoms in total. The number of aromatic hydroxyl groups is 1. The van der Waals surface area contributed by atoms with Crippen LogP contribution in [0.2, 0.25) is 0 Å². The van der Waals surface area contributed by atoms with Crippen molar-refractivity contribution in [1.82, 2.24) is 9.80 Å². The second-order valence-electron chi connectivity index (χ2n) is 9.25. The van der Waals surface area contributed by atoms with Crippen LogP contribution in [0.4, 0.5) is 0 Å². The van der Waals surface area contributed by atoms with Gasteiger partial charge in [0.15, 0.2) is 0 Å². The van der Waals surface area contributed by atoms with Crippen molar-refractivity contribution in [3.05, 3.63) is 29.3 Å². The maximum absolute atomic E-state index is 11.7. The molecule has 1 aromatic carbocycles. The smallest absolute Gasteiger partial charge is 0.143 e. The van der Waals surface area contributed by atoms with Crippen LogP contribution in [0.1, 0.15) is 43.7 Å². The number of hydrogen-bond acceptors (Lipinski definition) is 4. The Morgan fingerprint density at radius 1 is 1.27 bits per heavy atom. The van der Waals surface area contributed by atoms with E-state index in [9.17, 15) is 9.90 Å². The van der Waals surface area contributed by atoms with Crippen molar-refractivity contribution in [1.29, 1.82) is 0 Å². The molecular weight excluding hydrogens is 324 g/mol. The first-order chi connectivity index (χ1) is 12.5. The van der Waals surface area contributed by atoms with Crippen LogP contribution in [-0.4, -0.2) is 59.5 Å². The van der Waals surface area contributed by atoms with Crippen LogP contribution < -0.4 is 0 Å². The maximum Gasteiger partial charge on any atom is 0.143 e. The van der Waals surface area contributed by atoms with Gasteiger partial charge in [-0.25, -0.2) is 0 Å². The number of hydrogen-bond donors (Lipinski definition) is 1. The minimum Gasteiger partial charge on any atom is -0.508 e. The summed E-state index contributed by atoms with van der Waals surface area (Å²) in [6, 6.07) is 6.67. The van der Waals surface area contributed by atoms with Crippen molar-refractivity contribution in [3.63, 3.8) is 0 Å². The Hall–Kier alpha value is -1.39. The number of rotatable bonds is 4. The van der Waals surface area contributed by atoms with E-state index in [0.717, 1.165) is 31.8 Å². The Morgan fingerprint density at radius 2 is 2.08 bits per heavy atom. The van der Waals surface area contributed by atoms with E-state index in [1.54, 1.807) is 6.92 Å². The van der Waals surface area contributed by atoms with Crippen LogP contribution >= 0.6 is 0 Å². The van der Waals surface area contributed by atoms with E-state index >= 15 is 0 Å². The molecule has 1 saturated carbocycles. The first-order valence-corrected chi connectivity index (χ1v) is 10.3. The van der Waals surface area contributed by atoms with E-state index in [4.69, 9.17) is 0 Å². The number of benzene rings is 1. The minimum atomic E-state index is 0.199. The molecular formula is C22H30N2O2. The van der Waals surface area contributed by atoms with Gasteiger partial charge in [0.05, 0.1) is 6.54 Å². The largest absolute Gasteiger partial charge is 0.508 e. The molecule has 4 heteroatoms. The van der Waals surface area contributed by atoms with Crippen LogP contribution in [0.25, 0.3) is 0 Å². The second kappa shape index (κ2) is 6.07. The molecule has 26 heavy (non-hydrogen) atoms. The van der Waals surface area contributed by atoms with Crippen molar-refractivity contribution in [2.75, 3.05) is 32.7 Å². The zero-order valence-electron chi connectivity index (χ0n) is 15.8. The van der Waals surface area contributed by atoms with E-state index < -0.39 is 0 Å². The number of carbonyl (C=O) groups is 1. The van der Waals surface area contributed by atoms with Crippen molar-refractivity contribution in [3.8, 4) is 5.75 Å². The van der Waals surface area contributed by atoms with E-state index in [-0.39, 0.29) is 11.2 Å². The van der Waals surface area contributed by atoms with Gasteiger partial charge in [0.1, 0.15) is 11.5 Å². The lowest BCUT2D eigenvalue weighted by atomic mass is 9.54. The third kappa shape index (κ3) is 2.69. The summed E-state index contributed by atoms with van der Waals surface area (Å²) in [5, 5.41) is 10.2. The third-order valence-corrected chi connectivity index (χ3v) is 7.51. The summed E-state index contributed by atoms with van der Waals surface area (Å²) in [5.41, 5.74) is 3.06. The fraction of sp³-hybridized carbons (Fsp3) is 0.682. The van der Waals surface area contributed by atoms with Gasteiger partial charge in [-0.2, -0.15) is 0 Å². The highest BCUT2D eigenvalue weighted by Gasteiger charge is 2.55. The molecule has 2 aliphatic carbocycles. The van der Waals surface area contributed by atoms with Crippen molar-refractivity contribution in [2.24, 2.45) is 11.8 Å². The van der Waals surface area contributed by atoms with Gasteiger partial charge in [0.2, 0.25) is 0 Å². The summed E-state index contributed by atoms with van der Waals surface area (Å²) >= 11 is 0. The lowest BCUT2D eigenvalue weighted by molar-refractivity contribution is -0.120. The molecule has 2 heterocycles. The number of fused-ring (bicyclic) bond motifs is 1. The minimum absolute atomic E-state index is 0.199. The van der Waals surface area contributed by atoms with E-state index in [2.05, 4.69) is 21.9 Å². The molecule has 2 bridgehead atoms. The predicted octanol–water partition coefficient (Wildman–Crippen LogP) is 2.58. The molecule has 0 amide bonds. The molecule has 0 aromatic heterocycles. The number of ketones is 1. The van der Waals surface area contributed by atoms with Crippen LogP contribution in [-0.2, 0) is 16.6 Å². The van der Waals surface area contributed by atoms with Gasteiger partial charge in [-0.05, 0) is 87.2 Å². The van der Waals surface area contributed by atoms with E-state index in [1.807, 2.05) is 6.07 Å². The molecule has 4 aliphatic rings. The van der Waals surface area contributed by atoms with Gasteiger partial charge in [-0.3, -0.25) is 14.6 Å². The highest BCUT2D eigenvalue weighted by molar-refractivity contribution is 5.77. The average Bonchev–Trinajstić information content (AvgIpc) is 3.41. The van der Waals surface area contributed by atoms with Gasteiger partial charge in [-0.1, -0.05) is 6.07 Å². The van der Waals surface area contributed by atoms with Gasteiger partial charge in [-0.15, -0.1) is 0 Å². The Balaban J connectivity index is 1.52. The number of Topliss-reactive ketones (excluding diaryl/α,β-unsaturated/α-hetero) is 1. The summed E-state index contributed by atoms with van der Waals surface area (Å²) in [6.07, 6.45) is 6.23. The number of carbonyl (C=O) groups excluding carboxylic acids is 1. The summed E-state index contributed by atoms with van der Waals surface area (Å²) in [7, 11) is 0. The normalized spacial score (nSPS) is 34.2. The quantitative estimate of drug-likeness (QED) is 0.903. The van der Waals surface area contributed by atoms with Crippen molar-refractivity contribution in [2.45, 2.75) is 50.5 Å². The molecule has 2 saturated heterocycles. The molecule has 140 valence electrons. The highest BCUT2D eigenvalue weighted by atomic mass is 16.3. The van der Waals surface area contributed by atoms with Crippen molar-refractivity contribution >= 4 is 5.78 Å². The molecule has 0 unspecified atom stereocenters. The molecule has 0 spiro atoms. The molecule has 2 aliphatic heterocycles. The molecule has 3 fully saturated rings. The van der Waals surface area contributed by atoms with E-state index in [0.29, 0.717) is 24.3 Å². The first kappa shape index (κ1) is 16.8. The lowest BCUT2D eigenvalue weighted by Gasteiger charge is -2.60. The zero-order valence-corrected chi connectivity index (χ0v) is 15.8. The van der Waals surface area contributed by atoms with Crippen LogP contribution in [0, 0.1) is 11.8 Å². The zero-order chi connectivity index (χ0) is 17.9. The average molecular weight is 354 g/mol. The monoisotopic (exact) mass is 354 g/mol. The topological polar surface area (TPSA) is 43.8 Å². The Bertz CT molecular complexity index is 729. The number of piperidine rings is 2. The summed E-state index contributed by atoms with van der Waals surface area (Å²) in [5.74, 6) is 2.18. The molecule has 0 radical (unpaired) electrons. The Kier molecular flexibility index (Phi) is 3.91. The van der Waals surface area contributed by atoms with Gasteiger partial charge >= 0.3 is 0 Å². The van der Waals surface area contributed by atoms with Gasteiger partial charge in [0, 0.05) is 24.5 Å². The van der Waals surface area contributed by atoms with Gasteiger partial charge in [0.25, 0.3) is 0 Å². The predicted molar refractivity (Wildman–Crippen MR) is 101 cm³/mol. The summed E-state index contributed by atoms with van der Waals surface area (Å²) in [6.45, 7) is 6.78. The summed E-state index contributed by atoms with van der Waals surface area (Å²) < 4.78 is 0. The third-order valence-electron chi connectivity index (χ3n) is 7.51. The molecule has 3 atom stereocenters. The number of likely N-dealkylation sites (tertiary alicyclic amines) is 2. The number of phenolic OH excluding ortho intramolecular Hbond substituents is 1. The number of nitrogens with zero attached hydrogens (tertiary/aromatic N) is 2. The van der Waals surface area contributed by atoms with Crippen LogP contribution in [0.15, 0.2) is 18.2 Å². The first-order valence-electron chi connectivity index (χ1n) is 10.3. The SMILES string of the molecule is CC(=O)CN1CC[C@]23CCN(CC4CC4)[C@H](Cc4ccc(O)cc42)[C@@H]3C1. The highest BCUT2D eigenvalue weighted by Crippen LogP contribution is 2.54. The Morgan fingerprint density at radius 3 is 2.85 bits per heavy atom. The standard InChI is InChI=1S/C22H30N2O2/c1-15(25)12-23-8-6-22-7-9-24(13-16-2-3-16)21(20(22)14-23)10-17-4-5-18(26)11-19(17)22/h4-5,11,16,20-21,26H,2-3,6-10,12-14H2,1H3/t20-,21+,22-/m0/s1. The van der Waals surface area contributed by atoms with Crippen LogP contribution in [0.3, 0.4) is 0 Å². The lowest BCUT2D eigenvalue weighted by Crippen LogP contribution is -2.65. The summed E-state index contributed by atoms with van der Waals surface area (Å²) in [4.78, 5) is 16.8. The van der Waals surface area contributed by atoms with E-state index in [1.165, 1.54) is 43.5 Å². The maximum atomic E-state index is 11.7. The molecule has 1 N–H and O–H groups in total. The second-order valence-corrected chi connectivity index (χ2v) is 9.25. The van der Waals surface area contributed by atoms with Gasteiger partial charge < -0.3 is 5.11 Å². The Labute approximate surface area is 156 Å².